The first kappa shape index (κ1) is 17.4. The number of carboxylic acid groups (broad SMARTS) is 1. The Kier molecular flexibility index (Phi) is 4.73. The normalized spacial score (nSPS) is 13.0. The van der Waals surface area contributed by atoms with Gasteiger partial charge in [-0.15, -0.1) is 11.3 Å². The molecule has 0 atom stereocenters. The maximum atomic E-state index is 12.4. The number of hydrogen-bond acceptors (Lipinski definition) is 4. The monoisotopic (exact) mass is 378 g/mol. The number of hydrogen-bond donors (Lipinski definition) is 2. The van der Waals surface area contributed by atoms with Crippen molar-refractivity contribution in [2.75, 3.05) is 5.32 Å². The fourth-order valence-corrected chi connectivity index (χ4v) is 4.40. The summed E-state index contributed by atoms with van der Waals surface area (Å²) in [7, 11) is 0. The number of thiophene rings is 1. The lowest BCUT2D eigenvalue weighted by molar-refractivity contribution is 0.0699. The van der Waals surface area contributed by atoms with Crippen LogP contribution in [0.15, 0.2) is 48.1 Å². The number of aryl methyl sites for hydroxylation is 2. The molecule has 2 aromatic heterocycles. The molecule has 1 aliphatic rings. The van der Waals surface area contributed by atoms with Crippen LogP contribution < -0.4 is 5.32 Å². The molecular weight excluding hydrogens is 360 g/mol. The first-order valence-corrected chi connectivity index (χ1v) is 9.70. The minimum absolute atomic E-state index is 0.132. The van der Waals surface area contributed by atoms with Crippen molar-refractivity contribution >= 4 is 28.2 Å². The van der Waals surface area contributed by atoms with E-state index in [1.165, 1.54) is 35.1 Å². The Balaban J connectivity index is 1.69. The van der Waals surface area contributed by atoms with Gasteiger partial charge in [0.05, 0.1) is 5.56 Å². The van der Waals surface area contributed by atoms with Gasteiger partial charge in [-0.3, -0.25) is 9.78 Å². The molecule has 0 saturated heterocycles. The van der Waals surface area contributed by atoms with E-state index in [0.717, 1.165) is 24.8 Å². The molecule has 0 bridgehead atoms. The van der Waals surface area contributed by atoms with Crippen LogP contribution in [-0.4, -0.2) is 22.0 Å². The third-order valence-corrected chi connectivity index (χ3v) is 5.71. The summed E-state index contributed by atoms with van der Waals surface area (Å²) in [5, 5.41) is 14.6. The summed E-state index contributed by atoms with van der Waals surface area (Å²) in [6, 6.07) is 9.48. The van der Waals surface area contributed by atoms with Gasteiger partial charge in [-0.25, -0.2) is 4.79 Å². The third-order valence-electron chi connectivity index (χ3n) is 4.82. The van der Waals surface area contributed by atoms with Crippen LogP contribution >= 0.6 is 11.3 Å². The summed E-state index contributed by atoms with van der Waals surface area (Å²) in [5.74, 6) is -1.42. The predicted molar refractivity (Wildman–Crippen MR) is 106 cm³/mol. The Bertz CT molecular complexity index is 1010. The van der Waals surface area contributed by atoms with Crippen LogP contribution in [0.1, 0.15) is 44.7 Å². The highest BCUT2D eigenvalue weighted by molar-refractivity contribution is 7.15. The molecule has 1 aromatic carbocycles. The number of carbonyl (C=O) groups is 2. The number of benzene rings is 1. The fraction of sp³-hybridized carbons (Fsp3) is 0.190. The molecule has 0 fully saturated rings. The van der Waals surface area contributed by atoms with Crippen molar-refractivity contribution in [3.05, 3.63) is 70.4 Å². The topological polar surface area (TPSA) is 79.3 Å². The number of nitrogens with one attached hydrogen (secondary N) is 1. The van der Waals surface area contributed by atoms with Gasteiger partial charge in [-0.1, -0.05) is 18.2 Å². The standard InChI is InChI=1S/C21H18N2O3S/c24-19(16-6-3-9-22-11-16)23-20-18(21(25)26)17(12-27-20)15-8-7-13-4-1-2-5-14(13)10-15/h3,6-12H,1-2,4-5H2,(H,23,24)(H,25,26). The number of fused-ring (bicyclic) bond motifs is 1. The van der Waals surface area contributed by atoms with E-state index in [0.29, 0.717) is 16.1 Å². The second kappa shape index (κ2) is 7.32. The number of rotatable bonds is 4. The summed E-state index contributed by atoms with van der Waals surface area (Å²) in [5.41, 5.74) is 4.68. The molecule has 0 aliphatic heterocycles. The molecule has 5 nitrogen and oxygen atoms in total. The average molecular weight is 378 g/mol. The minimum atomic E-state index is -1.05. The third kappa shape index (κ3) is 3.48. The van der Waals surface area contributed by atoms with Gasteiger partial charge in [-0.05, 0) is 54.5 Å². The number of pyridine rings is 1. The van der Waals surface area contributed by atoms with E-state index >= 15 is 0 Å². The molecule has 27 heavy (non-hydrogen) atoms. The molecule has 2 N–H and O–H groups in total. The van der Waals surface area contributed by atoms with E-state index in [9.17, 15) is 14.7 Å². The van der Waals surface area contributed by atoms with Crippen molar-refractivity contribution in [3.63, 3.8) is 0 Å². The molecule has 0 saturated carbocycles. The van der Waals surface area contributed by atoms with E-state index in [1.54, 1.807) is 23.7 Å². The van der Waals surface area contributed by atoms with Gasteiger partial charge in [0.2, 0.25) is 0 Å². The molecule has 0 spiro atoms. The van der Waals surface area contributed by atoms with E-state index in [2.05, 4.69) is 22.4 Å². The Hall–Kier alpha value is -2.99. The Labute approximate surface area is 160 Å². The van der Waals surface area contributed by atoms with E-state index in [1.807, 2.05) is 6.07 Å². The maximum Gasteiger partial charge on any atom is 0.339 e. The van der Waals surface area contributed by atoms with Gasteiger partial charge in [-0.2, -0.15) is 0 Å². The van der Waals surface area contributed by atoms with Crippen molar-refractivity contribution in [2.24, 2.45) is 0 Å². The highest BCUT2D eigenvalue weighted by Crippen LogP contribution is 2.37. The van der Waals surface area contributed by atoms with Crippen molar-refractivity contribution < 1.29 is 14.7 Å². The van der Waals surface area contributed by atoms with Crippen molar-refractivity contribution in [1.29, 1.82) is 0 Å². The Morgan fingerprint density at radius 1 is 1.11 bits per heavy atom. The highest BCUT2D eigenvalue weighted by Gasteiger charge is 2.22. The second-order valence-electron chi connectivity index (χ2n) is 6.55. The number of amides is 1. The summed E-state index contributed by atoms with van der Waals surface area (Å²) >= 11 is 1.23. The van der Waals surface area contributed by atoms with Crippen molar-refractivity contribution in [3.8, 4) is 11.1 Å². The SMILES string of the molecule is O=C(Nc1scc(-c2ccc3c(c2)CCCC3)c1C(=O)O)c1cccnc1. The van der Waals surface area contributed by atoms with Crippen LogP contribution in [0.5, 0.6) is 0 Å². The second-order valence-corrected chi connectivity index (χ2v) is 7.42. The lowest BCUT2D eigenvalue weighted by Gasteiger charge is -2.16. The van der Waals surface area contributed by atoms with Crippen molar-refractivity contribution in [2.45, 2.75) is 25.7 Å². The average Bonchev–Trinajstić information content (AvgIpc) is 3.12. The zero-order valence-corrected chi connectivity index (χ0v) is 15.4. The number of anilines is 1. The summed E-state index contributed by atoms with van der Waals surface area (Å²) in [6.45, 7) is 0. The molecule has 1 amide bonds. The lowest BCUT2D eigenvalue weighted by atomic mass is 9.89. The van der Waals surface area contributed by atoms with Gasteiger partial charge in [0.25, 0.3) is 5.91 Å². The molecule has 1 aliphatic carbocycles. The Morgan fingerprint density at radius 3 is 2.67 bits per heavy atom. The minimum Gasteiger partial charge on any atom is -0.478 e. The number of aromatic carboxylic acids is 1. The van der Waals surface area contributed by atoms with Crippen LogP contribution in [0, 0.1) is 0 Å². The quantitative estimate of drug-likeness (QED) is 0.693. The molecule has 136 valence electrons. The molecule has 4 rings (SSSR count). The van der Waals surface area contributed by atoms with Crippen LogP contribution in [0.3, 0.4) is 0 Å². The predicted octanol–water partition coefficient (Wildman–Crippen LogP) is 4.64. The largest absolute Gasteiger partial charge is 0.478 e. The smallest absolute Gasteiger partial charge is 0.339 e. The summed E-state index contributed by atoms with van der Waals surface area (Å²) < 4.78 is 0. The lowest BCUT2D eigenvalue weighted by Crippen LogP contribution is -2.13. The molecular formula is C21H18N2O3S. The molecule has 6 heteroatoms. The first-order chi connectivity index (χ1) is 13.1. The number of carboxylic acids is 1. The molecule has 3 aromatic rings. The molecule has 0 radical (unpaired) electrons. The zero-order valence-electron chi connectivity index (χ0n) is 14.6. The number of aromatic nitrogens is 1. The van der Waals surface area contributed by atoms with Crippen LogP contribution in [0.2, 0.25) is 0 Å². The van der Waals surface area contributed by atoms with Crippen LogP contribution in [-0.2, 0) is 12.8 Å². The van der Waals surface area contributed by atoms with E-state index in [4.69, 9.17) is 0 Å². The number of carbonyl (C=O) groups excluding carboxylic acids is 1. The van der Waals surface area contributed by atoms with E-state index < -0.39 is 5.97 Å². The molecule has 0 unspecified atom stereocenters. The number of nitrogens with zero attached hydrogens (tertiary/aromatic N) is 1. The zero-order chi connectivity index (χ0) is 18.8. The van der Waals surface area contributed by atoms with Crippen LogP contribution in [0.25, 0.3) is 11.1 Å². The van der Waals surface area contributed by atoms with Gasteiger partial charge < -0.3 is 10.4 Å². The maximum absolute atomic E-state index is 12.4. The molecule has 2 heterocycles. The summed E-state index contributed by atoms with van der Waals surface area (Å²) in [4.78, 5) is 28.2. The van der Waals surface area contributed by atoms with Gasteiger partial charge in [0.1, 0.15) is 10.6 Å². The fourth-order valence-electron chi connectivity index (χ4n) is 3.45. The van der Waals surface area contributed by atoms with Crippen molar-refractivity contribution in [1.82, 2.24) is 4.98 Å². The van der Waals surface area contributed by atoms with Gasteiger partial charge in [0.15, 0.2) is 0 Å². The van der Waals surface area contributed by atoms with E-state index in [-0.39, 0.29) is 11.5 Å². The van der Waals surface area contributed by atoms with Gasteiger partial charge >= 0.3 is 5.97 Å². The van der Waals surface area contributed by atoms with Crippen LogP contribution in [0.4, 0.5) is 5.00 Å². The Morgan fingerprint density at radius 2 is 1.93 bits per heavy atom. The summed E-state index contributed by atoms with van der Waals surface area (Å²) in [6.07, 6.45) is 7.51. The highest BCUT2D eigenvalue weighted by atomic mass is 32.1. The first-order valence-electron chi connectivity index (χ1n) is 8.82. The van der Waals surface area contributed by atoms with Gasteiger partial charge in [0, 0.05) is 23.3 Å².